The van der Waals surface area contributed by atoms with Gasteiger partial charge in [-0.3, -0.25) is 14.4 Å². The number of rotatable bonds is 50. The van der Waals surface area contributed by atoms with Gasteiger partial charge in [0.25, 0.3) is 0 Å². The number of unbranched alkanes of at least 4 members (excludes halogenated alkanes) is 21. The molecule has 392 valence electrons. The minimum Gasteiger partial charge on any atom is -0.462 e. The SMILES string of the molecule is CC/C=C\C/C=C\C/C=C\C/C=C\CCCCCCCCC(=O)OCC(COC(=O)CC/C=C\C/C=C\C/C=C\C/C=C\CC)OC(=O)CCCCCCCCCCC/C=C\CCCCCCCC. The molecule has 0 aliphatic rings. The number of esters is 3. The third-order valence-electron chi connectivity index (χ3n) is 11.8. The molecule has 0 spiro atoms. The minimum absolute atomic E-state index is 0.110. The van der Waals surface area contributed by atoms with Crippen LogP contribution in [0.5, 0.6) is 0 Å². The van der Waals surface area contributed by atoms with Gasteiger partial charge < -0.3 is 14.2 Å². The highest BCUT2D eigenvalue weighted by atomic mass is 16.6. The number of carbonyl (C=O) groups excluding carboxylic acids is 3. The Kier molecular flexibility index (Phi) is 53.4. The number of allylic oxidation sites excluding steroid dienone is 18. The van der Waals surface area contributed by atoms with Crippen molar-refractivity contribution in [3.8, 4) is 0 Å². The molecule has 0 aliphatic heterocycles. The number of ether oxygens (including phenoxy) is 3. The van der Waals surface area contributed by atoms with Crippen LogP contribution in [-0.4, -0.2) is 37.2 Å². The summed E-state index contributed by atoms with van der Waals surface area (Å²) in [6.45, 7) is 6.33. The molecule has 0 radical (unpaired) electrons. The Balaban J connectivity index is 4.46. The predicted octanol–water partition coefficient (Wildman–Crippen LogP) is 19.1. The van der Waals surface area contributed by atoms with E-state index in [-0.39, 0.29) is 37.5 Å². The second kappa shape index (κ2) is 56.7. The first-order valence-corrected chi connectivity index (χ1v) is 28.4. The molecule has 1 atom stereocenters. The van der Waals surface area contributed by atoms with Gasteiger partial charge in [-0.2, -0.15) is 0 Å². The van der Waals surface area contributed by atoms with Gasteiger partial charge in [0, 0.05) is 19.3 Å². The molecule has 0 bridgehead atoms. The highest BCUT2D eigenvalue weighted by Gasteiger charge is 2.19. The average molecular weight is 958 g/mol. The zero-order valence-corrected chi connectivity index (χ0v) is 44.8. The lowest BCUT2D eigenvalue weighted by Gasteiger charge is -2.18. The van der Waals surface area contributed by atoms with Gasteiger partial charge in [-0.15, -0.1) is 0 Å². The summed E-state index contributed by atoms with van der Waals surface area (Å²) < 4.78 is 16.8. The highest BCUT2D eigenvalue weighted by molar-refractivity contribution is 5.71. The van der Waals surface area contributed by atoms with Crippen molar-refractivity contribution in [2.75, 3.05) is 13.2 Å². The second-order valence-corrected chi connectivity index (χ2v) is 18.4. The first-order valence-electron chi connectivity index (χ1n) is 28.4. The van der Waals surface area contributed by atoms with Crippen LogP contribution in [0, 0.1) is 0 Å². The minimum atomic E-state index is -0.816. The number of hydrogen-bond donors (Lipinski definition) is 0. The molecule has 0 heterocycles. The summed E-state index contributed by atoms with van der Waals surface area (Å²) in [5, 5.41) is 0. The maximum absolute atomic E-state index is 12.9. The van der Waals surface area contributed by atoms with Crippen LogP contribution in [0.1, 0.15) is 252 Å². The molecule has 1 unspecified atom stereocenters. The zero-order chi connectivity index (χ0) is 50.0. The fraction of sp³-hybridized carbons (Fsp3) is 0.667. The van der Waals surface area contributed by atoms with E-state index < -0.39 is 6.10 Å². The Bertz CT molecular complexity index is 1420. The summed E-state index contributed by atoms with van der Waals surface area (Å²) in [5.41, 5.74) is 0. The van der Waals surface area contributed by atoms with Crippen LogP contribution in [0.3, 0.4) is 0 Å². The van der Waals surface area contributed by atoms with Crippen molar-refractivity contribution in [3.05, 3.63) is 109 Å². The molecule has 6 nitrogen and oxygen atoms in total. The van der Waals surface area contributed by atoms with E-state index in [9.17, 15) is 14.4 Å². The van der Waals surface area contributed by atoms with E-state index in [1.54, 1.807) is 0 Å². The van der Waals surface area contributed by atoms with Crippen LogP contribution in [0.2, 0.25) is 0 Å². The van der Waals surface area contributed by atoms with Crippen molar-refractivity contribution in [1.82, 2.24) is 0 Å². The van der Waals surface area contributed by atoms with E-state index in [0.717, 1.165) is 103 Å². The lowest BCUT2D eigenvalue weighted by atomic mass is 10.1. The Labute approximate surface area is 425 Å². The van der Waals surface area contributed by atoms with E-state index in [2.05, 4.69) is 118 Å². The highest BCUT2D eigenvalue weighted by Crippen LogP contribution is 2.14. The van der Waals surface area contributed by atoms with Crippen LogP contribution < -0.4 is 0 Å². The largest absolute Gasteiger partial charge is 0.462 e. The fourth-order valence-corrected chi connectivity index (χ4v) is 7.56. The summed E-state index contributed by atoms with van der Waals surface area (Å²) in [4.78, 5) is 38.1. The Hall–Kier alpha value is -3.93. The van der Waals surface area contributed by atoms with Crippen LogP contribution in [0.25, 0.3) is 0 Å². The standard InChI is InChI=1S/C63H104O6/c1-4-7-10-13-16-19-22-25-27-29-31-33-35-38-41-44-47-50-53-56-62(65)68-59-60(58-67-61(64)55-52-49-46-43-40-37-24-21-18-15-12-9-6-3)69-63(66)57-54-51-48-45-42-39-36-34-32-30-28-26-23-20-17-14-11-8-5-2/h7,9-10,12,16,18-19,21,25-28,31,33,37,40,46,49,60H,4-6,8,11,13-15,17,20,22-24,29-30,32,34-36,38-39,41-45,47-48,50-59H2,1-3H3/b10-7-,12-9-,19-16-,21-18-,27-25-,28-26-,33-31-,40-37-,49-46-. The fourth-order valence-electron chi connectivity index (χ4n) is 7.56. The zero-order valence-electron chi connectivity index (χ0n) is 44.8. The quantitative estimate of drug-likeness (QED) is 0.0262. The van der Waals surface area contributed by atoms with Crippen molar-refractivity contribution < 1.29 is 28.6 Å². The second-order valence-electron chi connectivity index (χ2n) is 18.4. The molecule has 6 heteroatoms. The summed E-state index contributed by atoms with van der Waals surface area (Å²) in [7, 11) is 0. The van der Waals surface area contributed by atoms with Crippen molar-refractivity contribution in [2.24, 2.45) is 0 Å². The summed E-state index contributed by atoms with van der Waals surface area (Å²) in [6, 6.07) is 0. The van der Waals surface area contributed by atoms with E-state index in [1.807, 2.05) is 12.2 Å². The molecular formula is C63H104O6. The van der Waals surface area contributed by atoms with Gasteiger partial charge in [-0.05, 0) is 109 Å². The molecular weight excluding hydrogens is 853 g/mol. The molecule has 0 N–H and O–H groups in total. The van der Waals surface area contributed by atoms with Gasteiger partial charge in [0.05, 0.1) is 0 Å². The topological polar surface area (TPSA) is 78.9 Å². The van der Waals surface area contributed by atoms with Gasteiger partial charge >= 0.3 is 17.9 Å². The van der Waals surface area contributed by atoms with Gasteiger partial charge in [0.15, 0.2) is 6.10 Å². The first-order chi connectivity index (χ1) is 34.0. The molecule has 0 aliphatic carbocycles. The molecule has 0 aromatic carbocycles. The Morgan fingerprint density at radius 3 is 0.986 bits per heavy atom. The van der Waals surface area contributed by atoms with Crippen LogP contribution >= 0.6 is 0 Å². The van der Waals surface area contributed by atoms with Crippen LogP contribution in [-0.2, 0) is 28.6 Å². The lowest BCUT2D eigenvalue weighted by Crippen LogP contribution is -2.30. The molecule has 0 saturated carbocycles. The third-order valence-corrected chi connectivity index (χ3v) is 11.8. The van der Waals surface area contributed by atoms with Gasteiger partial charge in [0.1, 0.15) is 13.2 Å². The Morgan fingerprint density at radius 1 is 0.304 bits per heavy atom. The van der Waals surface area contributed by atoms with E-state index in [0.29, 0.717) is 19.3 Å². The maximum atomic E-state index is 12.9. The summed E-state index contributed by atoms with van der Waals surface area (Å²) in [5.74, 6) is -1.01. The van der Waals surface area contributed by atoms with Crippen molar-refractivity contribution in [3.63, 3.8) is 0 Å². The van der Waals surface area contributed by atoms with Crippen molar-refractivity contribution in [2.45, 2.75) is 258 Å². The Morgan fingerprint density at radius 2 is 0.594 bits per heavy atom. The monoisotopic (exact) mass is 957 g/mol. The number of hydrogen-bond acceptors (Lipinski definition) is 6. The molecule has 69 heavy (non-hydrogen) atoms. The third kappa shape index (κ3) is 54.9. The van der Waals surface area contributed by atoms with Crippen molar-refractivity contribution >= 4 is 17.9 Å². The molecule has 0 amide bonds. The van der Waals surface area contributed by atoms with Gasteiger partial charge in [-0.1, -0.05) is 233 Å². The maximum Gasteiger partial charge on any atom is 0.306 e. The smallest absolute Gasteiger partial charge is 0.306 e. The van der Waals surface area contributed by atoms with Gasteiger partial charge in [-0.25, -0.2) is 0 Å². The van der Waals surface area contributed by atoms with Crippen molar-refractivity contribution in [1.29, 1.82) is 0 Å². The van der Waals surface area contributed by atoms with Gasteiger partial charge in [0.2, 0.25) is 0 Å². The van der Waals surface area contributed by atoms with E-state index in [1.165, 1.54) is 103 Å². The number of carbonyl (C=O) groups is 3. The average Bonchev–Trinajstić information content (AvgIpc) is 3.35. The predicted molar refractivity (Wildman–Crippen MR) is 297 cm³/mol. The molecule has 0 rings (SSSR count). The molecule has 0 aromatic heterocycles. The van der Waals surface area contributed by atoms with Crippen LogP contribution in [0.4, 0.5) is 0 Å². The molecule has 0 aromatic rings. The van der Waals surface area contributed by atoms with Crippen LogP contribution in [0.15, 0.2) is 109 Å². The van der Waals surface area contributed by atoms with E-state index >= 15 is 0 Å². The summed E-state index contributed by atoms with van der Waals surface area (Å²) in [6.07, 6.45) is 76.6. The normalized spacial score (nSPS) is 12.9. The molecule has 0 fully saturated rings. The molecule has 0 saturated heterocycles. The lowest BCUT2D eigenvalue weighted by molar-refractivity contribution is -0.166. The van der Waals surface area contributed by atoms with E-state index in [4.69, 9.17) is 14.2 Å². The first kappa shape index (κ1) is 65.1. The summed E-state index contributed by atoms with van der Waals surface area (Å²) >= 11 is 0.